The first-order valence-electron chi connectivity index (χ1n) is 7.00. The molecule has 1 aromatic carbocycles. The average Bonchev–Trinajstić information content (AvgIpc) is 2.41. The van der Waals surface area contributed by atoms with E-state index in [1.807, 2.05) is 32.3 Å². The van der Waals surface area contributed by atoms with Crippen LogP contribution in [0, 0.1) is 0 Å². The zero-order valence-corrected chi connectivity index (χ0v) is 12.4. The summed E-state index contributed by atoms with van der Waals surface area (Å²) in [4.78, 5) is 4.44. The van der Waals surface area contributed by atoms with Crippen LogP contribution in [-0.2, 0) is 0 Å². The molecule has 18 heavy (non-hydrogen) atoms. The zero-order chi connectivity index (χ0) is 13.4. The van der Waals surface area contributed by atoms with Gasteiger partial charge >= 0.3 is 0 Å². The van der Waals surface area contributed by atoms with Crippen LogP contribution in [0.1, 0.15) is 32.1 Å². The Morgan fingerprint density at radius 3 is 1.72 bits per heavy atom. The highest BCUT2D eigenvalue weighted by molar-refractivity contribution is 5.43. The second kappa shape index (κ2) is 8.15. The minimum absolute atomic E-state index is 0.888. The normalized spacial score (nSPS) is 16.1. The van der Waals surface area contributed by atoms with E-state index < -0.39 is 0 Å². The molecule has 0 spiro atoms. The van der Waals surface area contributed by atoms with Gasteiger partial charge in [-0.25, -0.2) is 0 Å². The molecule has 0 aliphatic heterocycles. The lowest BCUT2D eigenvalue weighted by atomic mass is 9.95. The molecule has 0 saturated heterocycles. The van der Waals surface area contributed by atoms with Crippen molar-refractivity contribution < 1.29 is 0 Å². The Balaban J connectivity index is 0.000000180. The van der Waals surface area contributed by atoms with Gasteiger partial charge in [-0.3, -0.25) is 0 Å². The number of para-hydroxylation sites is 1. The molecular formula is C16H28N2. The van der Waals surface area contributed by atoms with Crippen LogP contribution in [0.5, 0.6) is 0 Å². The van der Waals surface area contributed by atoms with Crippen molar-refractivity contribution >= 4 is 5.69 Å². The van der Waals surface area contributed by atoms with Gasteiger partial charge in [0.25, 0.3) is 0 Å². The van der Waals surface area contributed by atoms with Crippen molar-refractivity contribution in [3.63, 3.8) is 0 Å². The lowest BCUT2D eigenvalue weighted by molar-refractivity contribution is 0.229. The minimum Gasteiger partial charge on any atom is -0.378 e. The van der Waals surface area contributed by atoms with Gasteiger partial charge < -0.3 is 9.80 Å². The SMILES string of the molecule is CN(C)C1CCCCC1.CN(C)c1ccccc1. The van der Waals surface area contributed by atoms with E-state index in [1.54, 1.807) is 0 Å². The molecule has 0 bridgehead atoms. The van der Waals surface area contributed by atoms with Gasteiger partial charge in [0.05, 0.1) is 0 Å². The molecule has 1 aliphatic rings. The van der Waals surface area contributed by atoms with E-state index in [0.717, 1.165) is 6.04 Å². The molecule has 0 N–H and O–H groups in total. The van der Waals surface area contributed by atoms with Crippen molar-refractivity contribution in [2.45, 2.75) is 38.1 Å². The largest absolute Gasteiger partial charge is 0.378 e. The molecular weight excluding hydrogens is 220 g/mol. The van der Waals surface area contributed by atoms with Crippen LogP contribution in [0.15, 0.2) is 30.3 Å². The van der Waals surface area contributed by atoms with Gasteiger partial charge in [-0.15, -0.1) is 0 Å². The molecule has 2 heteroatoms. The summed E-state index contributed by atoms with van der Waals surface area (Å²) in [5, 5.41) is 0. The first-order valence-corrected chi connectivity index (χ1v) is 7.00. The van der Waals surface area contributed by atoms with Gasteiger partial charge in [0.1, 0.15) is 0 Å². The predicted octanol–water partition coefficient (Wildman–Crippen LogP) is 3.63. The van der Waals surface area contributed by atoms with Crippen LogP contribution >= 0.6 is 0 Å². The first kappa shape index (κ1) is 15.0. The summed E-state index contributed by atoms with van der Waals surface area (Å²) in [6, 6.07) is 11.1. The van der Waals surface area contributed by atoms with Crippen molar-refractivity contribution in [1.29, 1.82) is 0 Å². The summed E-state index contributed by atoms with van der Waals surface area (Å²) < 4.78 is 0. The highest BCUT2D eigenvalue weighted by Crippen LogP contribution is 2.20. The first-order chi connectivity index (χ1) is 8.61. The molecule has 102 valence electrons. The van der Waals surface area contributed by atoms with Gasteiger partial charge in [-0.1, -0.05) is 37.5 Å². The standard InChI is InChI=1S/C8H17N.C8H11N/c2*1-9(2)8-6-4-3-5-7-8/h8H,3-7H2,1-2H3;3-7H,1-2H3. The third-order valence-corrected chi connectivity index (χ3v) is 3.58. The zero-order valence-electron chi connectivity index (χ0n) is 12.4. The number of anilines is 1. The highest BCUT2D eigenvalue weighted by Gasteiger charge is 2.13. The Bertz CT molecular complexity index is 300. The Hall–Kier alpha value is -1.02. The Morgan fingerprint density at radius 2 is 1.39 bits per heavy atom. The Labute approximate surface area is 113 Å². The van der Waals surface area contributed by atoms with Crippen molar-refractivity contribution in [2.24, 2.45) is 0 Å². The predicted molar refractivity (Wildman–Crippen MR) is 81.3 cm³/mol. The molecule has 0 aromatic heterocycles. The lowest BCUT2D eigenvalue weighted by Crippen LogP contribution is -2.29. The molecule has 0 unspecified atom stereocenters. The van der Waals surface area contributed by atoms with E-state index in [0.29, 0.717) is 0 Å². The van der Waals surface area contributed by atoms with Crippen molar-refractivity contribution in [2.75, 3.05) is 33.1 Å². The fourth-order valence-corrected chi connectivity index (χ4v) is 2.32. The van der Waals surface area contributed by atoms with Crippen LogP contribution in [0.4, 0.5) is 5.69 Å². The van der Waals surface area contributed by atoms with Crippen LogP contribution in [-0.4, -0.2) is 39.1 Å². The van der Waals surface area contributed by atoms with Crippen molar-refractivity contribution in [3.8, 4) is 0 Å². The number of benzene rings is 1. The summed E-state index contributed by atoms with van der Waals surface area (Å²) in [5.74, 6) is 0. The lowest BCUT2D eigenvalue weighted by Gasteiger charge is -2.27. The molecule has 1 fully saturated rings. The third kappa shape index (κ3) is 5.54. The number of rotatable bonds is 2. The fraction of sp³-hybridized carbons (Fsp3) is 0.625. The van der Waals surface area contributed by atoms with Gasteiger partial charge in [-0.05, 0) is 39.1 Å². The second-order valence-corrected chi connectivity index (χ2v) is 5.49. The van der Waals surface area contributed by atoms with E-state index in [2.05, 4.69) is 36.0 Å². The Morgan fingerprint density at radius 1 is 0.833 bits per heavy atom. The molecule has 1 saturated carbocycles. The number of hydrogen-bond donors (Lipinski definition) is 0. The monoisotopic (exact) mass is 248 g/mol. The van der Waals surface area contributed by atoms with Crippen LogP contribution in [0.3, 0.4) is 0 Å². The van der Waals surface area contributed by atoms with Crippen molar-refractivity contribution in [1.82, 2.24) is 4.90 Å². The maximum Gasteiger partial charge on any atom is 0.0360 e. The van der Waals surface area contributed by atoms with E-state index >= 15 is 0 Å². The van der Waals surface area contributed by atoms with Crippen molar-refractivity contribution in [3.05, 3.63) is 30.3 Å². The van der Waals surface area contributed by atoms with E-state index in [-0.39, 0.29) is 0 Å². The van der Waals surface area contributed by atoms with Crippen LogP contribution < -0.4 is 4.90 Å². The van der Waals surface area contributed by atoms with Crippen LogP contribution in [0.2, 0.25) is 0 Å². The highest BCUT2D eigenvalue weighted by atomic mass is 15.1. The van der Waals surface area contributed by atoms with Crippen LogP contribution in [0.25, 0.3) is 0 Å². The molecule has 0 heterocycles. The molecule has 1 aliphatic carbocycles. The van der Waals surface area contributed by atoms with Gasteiger partial charge in [-0.2, -0.15) is 0 Å². The maximum absolute atomic E-state index is 2.36. The molecule has 0 radical (unpaired) electrons. The quantitative estimate of drug-likeness (QED) is 0.788. The molecule has 0 amide bonds. The van der Waals surface area contributed by atoms with E-state index in [4.69, 9.17) is 0 Å². The van der Waals surface area contributed by atoms with E-state index in [1.165, 1.54) is 37.8 Å². The van der Waals surface area contributed by atoms with Gasteiger partial charge in [0.2, 0.25) is 0 Å². The van der Waals surface area contributed by atoms with E-state index in [9.17, 15) is 0 Å². The smallest absolute Gasteiger partial charge is 0.0360 e. The molecule has 2 rings (SSSR count). The topological polar surface area (TPSA) is 6.48 Å². The summed E-state index contributed by atoms with van der Waals surface area (Å²) in [7, 11) is 8.46. The van der Waals surface area contributed by atoms with Gasteiger partial charge in [0.15, 0.2) is 0 Å². The number of hydrogen-bond acceptors (Lipinski definition) is 2. The van der Waals surface area contributed by atoms with Gasteiger partial charge in [0, 0.05) is 25.8 Å². The fourth-order valence-electron chi connectivity index (χ4n) is 2.32. The number of nitrogens with zero attached hydrogens (tertiary/aromatic N) is 2. The summed E-state index contributed by atoms with van der Waals surface area (Å²) in [5.41, 5.74) is 1.25. The second-order valence-electron chi connectivity index (χ2n) is 5.49. The maximum atomic E-state index is 2.36. The Kier molecular flexibility index (Phi) is 6.81. The summed E-state index contributed by atoms with van der Waals surface area (Å²) in [6.07, 6.45) is 7.20. The molecule has 0 atom stereocenters. The third-order valence-electron chi connectivity index (χ3n) is 3.58. The minimum atomic E-state index is 0.888. The molecule has 1 aromatic rings. The molecule has 2 nitrogen and oxygen atoms in total. The summed E-state index contributed by atoms with van der Waals surface area (Å²) >= 11 is 0. The summed E-state index contributed by atoms with van der Waals surface area (Å²) in [6.45, 7) is 0. The average molecular weight is 248 g/mol.